The molecule has 1 aromatic rings. The number of hydrogen-bond acceptors (Lipinski definition) is 7. The van der Waals surface area contributed by atoms with Crippen LogP contribution in [0.1, 0.15) is 36.5 Å². The first kappa shape index (κ1) is 22.0. The van der Waals surface area contributed by atoms with Crippen molar-refractivity contribution < 1.29 is 19.2 Å². The summed E-state index contributed by atoms with van der Waals surface area (Å²) < 4.78 is 4.78. The minimum Gasteiger partial charge on any atom is -0.467 e. The molecule has 8 nitrogen and oxygen atoms in total. The Morgan fingerprint density at radius 1 is 1.39 bits per heavy atom. The van der Waals surface area contributed by atoms with Gasteiger partial charge in [0.25, 0.3) is 11.6 Å². The normalized spacial score (nSPS) is 15.8. The van der Waals surface area contributed by atoms with Crippen molar-refractivity contribution in [2.75, 3.05) is 37.1 Å². The van der Waals surface area contributed by atoms with Crippen molar-refractivity contribution in [1.29, 1.82) is 0 Å². The lowest BCUT2D eigenvalue weighted by atomic mass is 9.97. The van der Waals surface area contributed by atoms with E-state index in [4.69, 9.17) is 4.74 Å². The number of carbonyl (C=O) groups excluding carboxylic acids is 2. The lowest BCUT2D eigenvalue weighted by Gasteiger charge is -2.33. The Balaban J connectivity index is 2.31. The highest BCUT2D eigenvalue weighted by atomic mass is 32.2. The fraction of sp³-hybridized carbons (Fsp3) is 0.579. The standard InChI is InChI=1S/C19H27N3O5S/c1-13-6-9-21(10-7-13)17-5-4-14(22(25)26)12-15(17)18(23)20-16(8-11-28-3)19(24)27-2/h4-5,12-13,16H,6-11H2,1-3H3,(H,20,23)/t16-/m0/s1. The second kappa shape index (κ2) is 10.3. The monoisotopic (exact) mass is 409 g/mol. The number of methoxy groups -OCH3 is 1. The molecule has 0 aliphatic carbocycles. The maximum atomic E-state index is 13.0. The van der Waals surface area contributed by atoms with Crippen LogP contribution in [0, 0.1) is 16.0 Å². The number of non-ortho nitro benzene ring substituents is 1. The average Bonchev–Trinajstić information content (AvgIpc) is 2.70. The Labute approximate surface area is 169 Å². The number of nitro benzene ring substituents is 1. The lowest BCUT2D eigenvalue weighted by molar-refractivity contribution is -0.384. The molecular weight excluding hydrogens is 382 g/mol. The molecule has 28 heavy (non-hydrogen) atoms. The smallest absolute Gasteiger partial charge is 0.328 e. The van der Waals surface area contributed by atoms with Crippen LogP contribution in [0.15, 0.2) is 18.2 Å². The molecule has 1 amide bonds. The average molecular weight is 410 g/mol. The van der Waals surface area contributed by atoms with Crippen LogP contribution in [0.4, 0.5) is 11.4 Å². The summed E-state index contributed by atoms with van der Waals surface area (Å²) in [7, 11) is 1.27. The van der Waals surface area contributed by atoms with E-state index in [0.717, 1.165) is 25.9 Å². The number of ether oxygens (including phenoxy) is 1. The van der Waals surface area contributed by atoms with E-state index < -0.39 is 22.8 Å². The summed E-state index contributed by atoms with van der Waals surface area (Å²) >= 11 is 1.56. The molecule has 1 aliphatic heterocycles. The van der Waals surface area contributed by atoms with Crippen molar-refractivity contribution in [3.8, 4) is 0 Å². The highest BCUT2D eigenvalue weighted by Crippen LogP contribution is 2.29. The van der Waals surface area contributed by atoms with Crippen molar-refractivity contribution in [2.45, 2.75) is 32.2 Å². The first-order valence-electron chi connectivity index (χ1n) is 9.28. The van der Waals surface area contributed by atoms with Gasteiger partial charge in [-0.05, 0) is 43.3 Å². The van der Waals surface area contributed by atoms with Crippen molar-refractivity contribution in [3.05, 3.63) is 33.9 Å². The van der Waals surface area contributed by atoms with Crippen LogP contribution >= 0.6 is 11.8 Å². The van der Waals surface area contributed by atoms with E-state index >= 15 is 0 Å². The fourth-order valence-electron chi connectivity index (χ4n) is 3.21. The first-order valence-corrected chi connectivity index (χ1v) is 10.7. The van der Waals surface area contributed by atoms with Gasteiger partial charge in [0.1, 0.15) is 6.04 Å². The van der Waals surface area contributed by atoms with Gasteiger partial charge < -0.3 is 15.0 Å². The van der Waals surface area contributed by atoms with Gasteiger partial charge in [0.2, 0.25) is 0 Å². The van der Waals surface area contributed by atoms with Gasteiger partial charge in [0.05, 0.1) is 23.3 Å². The number of benzene rings is 1. The minimum atomic E-state index is -0.793. The fourth-order valence-corrected chi connectivity index (χ4v) is 3.68. The van der Waals surface area contributed by atoms with Gasteiger partial charge in [-0.3, -0.25) is 14.9 Å². The van der Waals surface area contributed by atoms with Crippen molar-refractivity contribution >= 4 is 35.0 Å². The van der Waals surface area contributed by atoms with Crippen molar-refractivity contribution in [1.82, 2.24) is 5.32 Å². The third-order valence-electron chi connectivity index (χ3n) is 4.96. The molecule has 1 atom stereocenters. The van der Waals surface area contributed by atoms with Crippen LogP contribution in [0.5, 0.6) is 0 Å². The number of esters is 1. The van der Waals surface area contributed by atoms with Gasteiger partial charge >= 0.3 is 5.97 Å². The van der Waals surface area contributed by atoms with Gasteiger partial charge in [-0.15, -0.1) is 0 Å². The number of nitro groups is 1. The number of amides is 1. The molecule has 1 N–H and O–H groups in total. The molecule has 0 unspecified atom stereocenters. The van der Waals surface area contributed by atoms with E-state index in [1.807, 2.05) is 6.26 Å². The molecule has 0 spiro atoms. The van der Waals surface area contributed by atoms with Crippen LogP contribution in [-0.2, 0) is 9.53 Å². The highest BCUT2D eigenvalue weighted by Gasteiger charge is 2.27. The number of carbonyl (C=O) groups is 2. The molecule has 1 aromatic carbocycles. The number of nitrogens with zero attached hydrogens (tertiary/aromatic N) is 2. The number of anilines is 1. The van der Waals surface area contributed by atoms with Gasteiger partial charge in [-0.1, -0.05) is 6.92 Å². The van der Waals surface area contributed by atoms with Crippen molar-refractivity contribution in [2.24, 2.45) is 5.92 Å². The maximum Gasteiger partial charge on any atom is 0.328 e. The van der Waals surface area contributed by atoms with E-state index in [0.29, 0.717) is 23.8 Å². The maximum absolute atomic E-state index is 13.0. The second-order valence-electron chi connectivity index (χ2n) is 6.96. The highest BCUT2D eigenvalue weighted by molar-refractivity contribution is 7.98. The molecule has 1 saturated heterocycles. The van der Waals surface area contributed by atoms with Crippen LogP contribution < -0.4 is 10.2 Å². The number of piperidine rings is 1. The third kappa shape index (κ3) is 5.60. The Bertz CT molecular complexity index is 720. The van der Waals surface area contributed by atoms with E-state index in [2.05, 4.69) is 17.1 Å². The summed E-state index contributed by atoms with van der Waals surface area (Å²) in [6, 6.07) is 3.53. The second-order valence-corrected chi connectivity index (χ2v) is 7.94. The van der Waals surface area contributed by atoms with Crippen molar-refractivity contribution in [3.63, 3.8) is 0 Å². The summed E-state index contributed by atoms with van der Waals surface area (Å²) in [5.41, 5.74) is 0.711. The molecule has 2 rings (SSSR count). The zero-order chi connectivity index (χ0) is 20.7. The number of hydrogen-bond donors (Lipinski definition) is 1. The molecule has 9 heteroatoms. The summed E-state index contributed by atoms with van der Waals surface area (Å²) in [6.07, 6.45) is 4.32. The molecule has 154 valence electrons. The van der Waals surface area contributed by atoms with Gasteiger partial charge in [-0.2, -0.15) is 11.8 Å². The Hall–Kier alpha value is -2.29. The third-order valence-corrected chi connectivity index (χ3v) is 5.61. The number of nitrogens with one attached hydrogen (secondary N) is 1. The van der Waals surface area contributed by atoms with Gasteiger partial charge in [0.15, 0.2) is 0 Å². The van der Waals surface area contributed by atoms with Crippen LogP contribution in [-0.4, -0.2) is 55.0 Å². The predicted octanol–water partition coefficient (Wildman–Crippen LogP) is 2.86. The number of rotatable bonds is 8. The summed E-state index contributed by atoms with van der Waals surface area (Å²) in [5.74, 6) is 0.253. The number of thioether (sulfide) groups is 1. The van der Waals surface area contributed by atoms with Crippen LogP contribution in [0.2, 0.25) is 0 Å². The zero-order valence-corrected chi connectivity index (χ0v) is 17.3. The lowest BCUT2D eigenvalue weighted by Crippen LogP contribution is -2.43. The molecular formula is C19H27N3O5S. The predicted molar refractivity (Wildman–Crippen MR) is 110 cm³/mol. The van der Waals surface area contributed by atoms with Gasteiger partial charge in [-0.25, -0.2) is 4.79 Å². The zero-order valence-electron chi connectivity index (χ0n) is 16.5. The van der Waals surface area contributed by atoms with E-state index in [1.165, 1.54) is 19.2 Å². The molecule has 1 heterocycles. The summed E-state index contributed by atoms with van der Waals surface area (Å²) in [6.45, 7) is 3.76. The summed E-state index contributed by atoms with van der Waals surface area (Å²) in [4.78, 5) is 37.7. The Morgan fingerprint density at radius 2 is 2.07 bits per heavy atom. The van der Waals surface area contributed by atoms with E-state index in [-0.39, 0.29) is 11.3 Å². The molecule has 0 saturated carbocycles. The Kier molecular flexibility index (Phi) is 8.10. The summed E-state index contributed by atoms with van der Waals surface area (Å²) in [5, 5.41) is 13.9. The SMILES string of the molecule is COC(=O)[C@H](CCSC)NC(=O)c1cc([N+](=O)[O-])ccc1N1CCC(C)CC1. The van der Waals surface area contributed by atoms with Gasteiger partial charge in [0, 0.05) is 25.2 Å². The molecule has 0 aromatic heterocycles. The first-order chi connectivity index (χ1) is 13.4. The minimum absolute atomic E-state index is 0.155. The van der Waals surface area contributed by atoms with Crippen LogP contribution in [0.3, 0.4) is 0 Å². The quantitative estimate of drug-likeness (QED) is 0.400. The molecule has 0 radical (unpaired) electrons. The van der Waals surface area contributed by atoms with E-state index in [1.54, 1.807) is 17.8 Å². The molecule has 1 fully saturated rings. The molecule has 0 bridgehead atoms. The van der Waals surface area contributed by atoms with E-state index in [9.17, 15) is 19.7 Å². The Morgan fingerprint density at radius 3 is 2.64 bits per heavy atom. The largest absolute Gasteiger partial charge is 0.467 e. The molecule has 1 aliphatic rings. The van der Waals surface area contributed by atoms with Crippen LogP contribution in [0.25, 0.3) is 0 Å². The topological polar surface area (TPSA) is 102 Å².